The number of carbonyl (C=O) groups excluding carboxylic acids is 1. The first-order chi connectivity index (χ1) is 10.9. The molecule has 122 valence electrons. The first-order valence-electron chi connectivity index (χ1n) is 7.47. The van der Waals surface area contributed by atoms with Gasteiger partial charge in [0, 0.05) is 31.3 Å². The molecule has 6 nitrogen and oxygen atoms in total. The molecule has 0 saturated carbocycles. The Balaban J connectivity index is 1.65. The third-order valence-electron chi connectivity index (χ3n) is 4.23. The Morgan fingerprint density at radius 1 is 1.52 bits per heavy atom. The quantitative estimate of drug-likeness (QED) is 0.934. The summed E-state index contributed by atoms with van der Waals surface area (Å²) in [4.78, 5) is 19.0. The molecule has 1 aliphatic heterocycles. The number of nitrogens with one attached hydrogen (secondary N) is 1. The summed E-state index contributed by atoms with van der Waals surface area (Å²) in [6, 6.07) is 3.95. The monoisotopic (exact) mass is 332 g/mol. The van der Waals surface area contributed by atoms with E-state index in [1.54, 1.807) is 18.3 Å². The molecule has 3 rings (SSSR count). The van der Waals surface area contributed by atoms with Crippen molar-refractivity contribution in [3.8, 4) is 0 Å². The summed E-state index contributed by atoms with van der Waals surface area (Å²) in [6.45, 7) is 6.15. The zero-order valence-corrected chi connectivity index (χ0v) is 14.5. The van der Waals surface area contributed by atoms with Gasteiger partial charge >= 0.3 is 0 Å². The average Bonchev–Trinajstić information content (AvgIpc) is 3.20. The smallest absolute Gasteiger partial charge is 0.267 e. The van der Waals surface area contributed by atoms with Crippen LogP contribution in [0, 0.1) is 13.8 Å². The lowest BCUT2D eigenvalue weighted by Crippen LogP contribution is -2.44. The van der Waals surface area contributed by atoms with Crippen molar-refractivity contribution in [3.63, 3.8) is 0 Å². The predicted octanol–water partition coefficient (Wildman–Crippen LogP) is 2.30. The Labute approximate surface area is 139 Å². The summed E-state index contributed by atoms with van der Waals surface area (Å²) >= 11 is 1.60. The van der Waals surface area contributed by atoms with Crippen LogP contribution < -0.4 is 5.32 Å². The number of thiophene rings is 1. The molecule has 0 saturated heterocycles. The van der Waals surface area contributed by atoms with Crippen LogP contribution in [0.4, 0.5) is 0 Å². The second-order valence-corrected chi connectivity index (χ2v) is 6.92. The maximum Gasteiger partial charge on any atom is 0.267 e. The molecule has 1 amide bonds. The Bertz CT molecular complexity index is 763. The number of amides is 1. The number of aromatic nitrogens is 2. The molecule has 2 aromatic heterocycles. The number of rotatable bonds is 4. The molecule has 23 heavy (non-hydrogen) atoms. The third-order valence-corrected chi connectivity index (χ3v) is 5.15. The van der Waals surface area contributed by atoms with E-state index in [0.29, 0.717) is 13.0 Å². The van der Waals surface area contributed by atoms with Crippen molar-refractivity contribution in [2.45, 2.75) is 39.3 Å². The van der Waals surface area contributed by atoms with Gasteiger partial charge in [-0.3, -0.25) is 9.48 Å². The van der Waals surface area contributed by atoms with Gasteiger partial charge in [-0.25, -0.2) is 0 Å². The van der Waals surface area contributed by atoms with Crippen LogP contribution in [-0.2, 0) is 23.2 Å². The molecule has 0 fully saturated rings. The van der Waals surface area contributed by atoms with Crippen LogP contribution in [0.5, 0.6) is 0 Å². The van der Waals surface area contributed by atoms with Gasteiger partial charge in [0.2, 0.25) is 5.60 Å². The second-order valence-electron chi connectivity index (χ2n) is 5.97. The number of hydrogen-bond acceptors (Lipinski definition) is 5. The van der Waals surface area contributed by atoms with Gasteiger partial charge in [-0.05, 0) is 32.2 Å². The number of hydrogen-bond donors (Lipinski definition) is 1. The molecule has 0 aliphatic carbocycles. The lowest BCUT2D eigenvalue weighted by molar-refractivity contribution is -0.141. The number of carbonyl (C=O) groups is 1. The lowest BCUT2D eigenvalue weighted by Gasteiger charge is -2.20. The fraction of sp³-hybridized carbons (Fsp3) is 0.438. The summed E-state index contributed by atoms with van der Waals surface area (Å²) < 4.78 is 1.82. The Morgan fingerprint density at radius 3 is 2.91 bits per heavy atom. The van der Waals surface area contributed by atoms with E-state index in [1.807, 2.05) is 43.1 Å². The van der Waals surface area contributed by atoms with Gasteiger partial charge in [-0.15, -0.1) is 11.3 Å². The van der Waals surface area contributed by atoms with Gasteiger partial charge in [0.05, 0.1) is 10.6 Å². The van der Waals surface area contributed by atoms with Crippen LogP contribution in [0.3, 0.4) is 0 Å². The summed E-state index contributed by atoms with van der Waals surface area (Å²) in [7, 11) is 1.90. The van der Waals surface area contributed by atoms with E-state index in [1.165, 1.54) is 0 Å². The molecule has 7 heteroatoms. The SMILES string of the molecule is Cc1nn(C)c(C)c1CNC(=O)[C@]1(C)CC(c2cccs2)=NO1. The molecule has 1 aliphatic rings. The summed E-state index contributed by atoms with van der Waals surface area (Å²) in [6.07, 6.45) is 0.477. The van der Waals surface area contributed by atoms with Gasteiger partial charge < -0.3 is 10.2 Å². The third kappa shape index (κ3) is 2.88. The van der Waals surface area contributed by atoms with Crippen LogP contribution in [0.1, 0.15) is 35.2 Å². The van der Waals surface area contributed by atoms with E-state index in [-0.39, 0.29) is 5.91 Å². The number of aryl methyl sites for hydroxylation is 2. The van der Waals surface area contributed by atoms with E-state index >= 15 is 0 Å². The number of nitrogens with zero attached hydrogens (tertiary/aromatic N) is 3. The Kier molecular flexibility index (Phi) is 3.97. The molecule has 3 heterocycles. The van der Waals surface area contributed by atoms with Crippen molar-refractivity contribution in [2.24, 2.45) is 12.2 Å². The summed E-state index contributed by atoms with van der Waals surface area (Å²) in [5, 5.41) is 13.4. The minimum atomic E-state index is -0.955. The maximum atomic E-state index is 12.6. The topological polar surface area (TPSA) is 68.5 Å². The average molecular weight is 332 g/mol. The molecular formula is C16H20N4O2S. The van der Waals surface area contributed by atoms with Gasteiger partial charge in [0.25, 0.3) is 5.91 Å². The highest BCUT2D eigenvalue weighted by atomic mass is 32.1. The molecule has 0 radical (unpaired) electrons. The van der Waals surface area contributed by atoms with E-state index in [2.05, 4.69) is 15.6 Å². The van der Waals surface area contributed by atoms with Crippen molar-refractivity contribution >= 4 is 23.0 Å². The van der Waals surface area contributed by atoms with E-state index in [9.17, 15) is 4.79 Å². The normalized spacial score (nSPS) is 20.3. The molecule has 2 aromatic rings. The summed E-state index contributed by atoms with van der Waals surface area (Å²) in [5.41, 5.74) is 2.89. The lowest BCUT2D eigenvalue weighted by atomic mass is 9.98. The molecule has 1 atom stereocenters. The summed E-state index contributed by atoms with van der Waals surface area (Å²) in [5.74, 6) is -0.157. The van der Waals surface area contributed by atoms with Gasteiger partial charge in [-0.2, -0.15) is 5.10 Å². The van der Waals surface area contributed by atoms with Gasteiger partial charge in [0.1, 0.15) is 5.71 Å². The van der Waals surface area contributed by atoms with E-state index in [0.717, 1.165) is 27.5 Å². The number of oxime groups is 1. The molecule has 0 spiro atoms. The van der Waals surface area contributed by atoms with Crippen molar-refractivity contribution in [3.05, 3.63) is 39.3 Å². The van der Waals surface area contributed by atoms with Crippen LogP contribution in [0.25, 0.3) is 0 Å². The second kappa shape index (κ2) is 5.81. The fourth-order valence-corrected chi connectivity index (χ4v) is 3.37. The van der Waals surface area contributed by atoms with Crippen LogP contribution in [0.2, 0.25) is 0 Å². The highest BCUT2D eigenvalue weighted by molar-refractivity contribution is 7.12. The molecule has 0 unspecified atom stereocenters. The molecule has 1 N–H and O–H groups in total. The standard InChI is InChI=1S/C16H20N4O2S/c1-10-12(11(2)20(4)18-10)9-17-15(21)16(3)8-13(19-22-16)14-6-5-7-23-14/h5-7H,8-9H2,1-4H3,(H,17,21)/t16-/m0/s1. The van der Waals surface area contributed by atoms with Crippen LogP contribution >= 0.6 is 11.3 Å². The van der Waals surface area contributed by atoms with E-state index < -0.39 is 5.60 Å². The van der Waals surface area contributed by atoms with E-state index in [4.69, 9.17) is 4.84 Å². The minimum Gasteiger partial charge on any atom is -0.379 e. The zero-order chi connectivity index (χ0) is 16.6. The van der Waals surface area contributed by atoms with Crippen molar-refractivity contribution in [1.82, 2.24) is 15.1 Å². The first-order valence-corrected chi connectivity index (χ1v) is 8.35. The molecular weight excluding hydrogens is 312 g/mol. The fourth-order valence-electron chi connectivity index (χ4n) is 2.67. The Hall–Kier alpha value is -2.15. The Morgan fingerprint density at radius 2 is 2.30 bits per heavy atom. The molecule has 0 aromatic carbocycles. The van der Waals surface area contributed by atoms with Crippen molar-refractivity contribution < 1.29 is 9.63 Å². The highest BCUT2D eigenvalue weighted by Crippen LogP contribution is 2.28. The molecule has 0 bridgehead atoms. The minimum absolute atomic E-state index is 0.157. The maximum absolute atomic E-state index is 12.6. The zero-order valence-electron chi connectivity index (χ0n) is 13.7. The van der Waals surface area contributed by atoms with Gasteiger partial charge in [-0.1, -0.05) is 11.2 Å². The largest absolute Gasteiger partial charge is 0.379 e. The van der Waals surface area contributed by atoms with Crippen LogP contribution in [0.15, 0.2) is 22.7 Å². The first kappa shape index (κ1) is 15.7. The highest BCUT2D eigenvalue weighted by Gasteiger charge is 2.42. The van der Waals surface area contributed by atoms with Crippen molar-refractivity contribution in [2.75, 3.05) is 0 Å². The van der Waals surface area contributed by atoms with Crippen LogP contribution in [-0.4, -0.2) is 27.0 Å². The van der Waals surface area contributed by atoms with Gasteiger partial charge in [0.15, 0.2) is 0 Å². The predicted molar refractivity (Wildman–Crippen MR) is 89.5 cm³/mol. The van der Waals surface area contributed by atoms with Crippen molar-refractivity contribution in [1.29, 1.82) is 0 Å².